The molecule has 1 heterocycles. The Morgan fingerprint density at radius 2 is 1.88 bits per heavy atom. The van der Waals surface area contributed by atoms with Gasteiger partial charge in [0.1, 0.15) is 0 Å². The molecule has 0 aliphatic heterocycles. The number of rotatable bonds is 7. The number of halogens is 3. The van der Waals surface area contributed by atoms with Gasteiger partial charge in [-0.1, -0.05) is 6.42 Å². The van der Waals surface area contributed by atoms with E-state index in [2.05, 4.69) is 15.3 Å². The molecule has 1 aliphatic carbocycles. The summed E-state index contributed by atoms with van der Waals surface area (Å²) in [6.45, 7) is 0. The number of benzene rings is 1. The lowest BCUT2D eigenvalue weighted by Crippen LogP contribution is -2.28. The van der Waals surface area contributed by atoms with Gasteiger partial charge in [-0.15, -0.1) is 0 Å². The second-order valence-electron chi connectivity index (χ2n) is 7.89. The van der Waals surface area contributed by atoms with Crippen molar-refractivity contribution in [1.82, 2.24) is 14.3 Å². The maximum atomic E-state index is 13.5. The third-order valence-electron chi connectivity index (χ3n) is 5.54. The molecular weight excluding hydrogens is 447 g/mol. The molecule has 8 nitrogen and oxygen atoms in total. The number of carbonyl (C=O) groups excluding carboxylic acids is 1. The fourth-order valence-electron chi connectivity index (χ4n) is 3.82. The van der Waals surface area contributed by atoms with Gasteiger partial charge in [0, 0.05) is 31.9 Å². The third-order valence-corrected chi connectivity index (χ3v) is 7.37. The Kier molecular flexibility index (Phi) is 6.75. The number of nitrogens with two attached hydrogens (primary N) is 1. The van der Waals surface area contributed by atoms with E-state index >= 15 is 0 Å². The molecule has 0 bridgehead atoms. The van der Waals surface area contributed by atoms with Gasteiger partial charge in [0.2, 0.25) is 21.9 Å². The second-order valence-corrected chi connectivity index (χ2v) is 10.0. The highest BCUT2D eigenvalue weighted by Gasteiger charge is 2.38. The van der Waals surface area contributed by atoms with Gasteiger partial charge in [-0.3, -0.25) is 4.79 Å². The molecule has 1 aromatic heterocycles. The molecule has 1 amide bonds. The first-order valence-electron chi connectivity index (χ1n) is 9.91. The molecule has 3 N–H and O–H groups in total. The van der Waals surface area contributed by atoms with Crippen molar-refractivity contribution >= 4 is 27.6 Å². The number of nitrogens with zero attached hydrogens (tertiary/aromatic N) is 3. The van der Waals surface area contributed by atoms with E-state index in [-0.39, 0.29) is 28.9 Å². The molecule has 0 spiro atoms. The number of hydrogen-bond donors (Lipinski definition) is 2. The van der Waals surface area contributed by atoms with Crippen molar-refractivity contribution < 1.29 is 26.4 Å². The fourth-order valence-corrected chi connectivity index (χ4v) is 4.73. The largest absolute Gasteiger partial charge is 0.419 e. The summed E-state index contributed by atoms with van der Waals surface area (Å²) in [6, 6.07) is 5.69. The van der Waals surface area contributed by atoms with Crippen LogP contribution in [-0.2, 0) is 27.4 Å². The smallest absolute Gasteiger partial charge is 0.369 e. The minimum absolute atomic E-state index is 0.0420. The molecular formula is C20H24F3N5O3S. The molecule has 1 fully saturated rings. The number of aromatic nitrogens is 2. The van der Waals surface area contributed by atoms with Crippen LogP contribution in [-0.4, -0.2) is 42.7 Å². The van der Waals surface area contributed by atoms with Crippen LogP contribution >= 0.6 is 0 Å². The average molecular weight is 472 g/mol. The number of anilines is 2. The molecule has 1 aliphatic rings. The molecule has 12 heteroatoms. The summed E-state index contributed by atoms with van der Waals surface area (Å²) in [5, 5.41) is 2.80. The number of primary amides is 1. The summed E-state index contributed by atoms with van der Waals surface area (Å²) in [7, 11) is -0.792. The Morgan fingerprint density at radius 3 is 2.44 bits per heavy atom. The Bertz CT molecular complexity index is 1090. The van der Waals surface area contributed by atoms with Crippen molar-refractivity contribution in [2.75, 3.05) is 19.4 Å². The quantitative estimate of drug-likeness (QED) is 0.641. The van der Waals surface area contributed by atoms with Gasteiger partial charge < -0.3 is 11.1 Å². The molecule has 0 saturated heterocycles. The zero-order valence-electron chi connectivity index (χ0n) is 17.6. The monoisotopic (exact) mass is 471 g/mol. The van der Waals surface area contributed by atoms with Crippen LogP contribution in [0.3, 0.4) is 0 Å². The molecule has 1 saturated carbocycles. The molecule has 0 radical (unpaired) electrons. The van der Waals surface area contributed by atoms with Crippen molar-refractivity contribution in [1.29, 1.82) is 0 Å². The van der Waals surface area contributed by atoms with Gasteiger partial charge in [-0.25, -0.2) is 22.7 Å². The summed E-state index contributed by atoms with van der Waals surface area (Å²) in [4.78, 5) is 19.6. The Balaban J connectivity index is 1.87. The third kappa shape index (κ3) is 5.18. The Morgan fingerprint density at radius 1 is 1.22 bits per heavy atom. The first-order valence-corrected chi connectivity index (χ1v) is 11.4. The highest BCUT2D eigenvalue weighted by atomic mass is 32.2. The second kappa shape index (κ2) is 9.02. The number of nitrogens with one attached hydrogen (secondary N) is 1. The first-order chi connectivity index (χ1) is 14.9. The van der Waals surface area contributed by atoms with Gasteiger partial charge in [-0.2, -0.15) is 13.2 Å². The van der Waals surface area contributed by atoms with E-state index in [1.165, 1.54) is 38.4 Å². The number of hydrogen-bond acceptors (Lipinski definition) is 6. The molecule has 2 atom stereocenters. The van der Waals surface area contributed by atoms with Gasteiger partial charge in [0.05, 0.1) is 16.2 Å². The molecule has 1 aromatic carbocycles. The highest BCUT2D eigenvalue weighted by Crippen LogP contribution is 2.38. The van der Waals surface area contributed by atoms with Crippen LogP contribution in [0.15, 0.2) is 35.4 Å². The van der Waals surface area contributed by atoms with Crippen LogP contribution in [0.4, 0.5) is 24.8 Å². The van der Waals surface area contributed by atoms with Crippen molar-refractivity contribution in [2.45, 2.75) is 36.8 Å². The van der Waals surface area contributed by atoms with Gasteiger partial charge in [0.25, 0.3) is 0 Å². The number of amides is 1. The van der Waals surface area contributed by atoms with Gasteiger partial charge in [0.15, 0.2) is 0 Å². The Hall–Kier alpha value is -2.73. The molecule has 32 heavy (non-hydrogen) atoms. The SMILES string of the molecule is CN(C)S(=O)(=O)c1ccc(Nc2ncc(C(F)(F)F)c(C[C@@H]3CCC[C@@H]3C(N)=O)n2)cc1. The minimum Gasteiger partial charge on any atom is -0.369 e. The molecule has 0 unspecified atom stereocenters. The van der Waals surface area contributed by atoms with E-state index in [1.54, 1.807) is 0 Å². The van der Waals surface area contributed by atoms with E-state index < -0.39 is 33.6 Å². The maximum absolute atomic E-state index is 13.5. The normalized spacial score (nSPS) is 19.3. The van der Waals surface area contributed by atoms with Crippen LogP contribution in [0.5, 0.6) is 0 Å². The minimum atomic E-state index is -4.64. The van der Waals surface area contributed by atoms with Crippen molar-refractivity contribution in [3.8, 4) is 0 Å². The summed E-state index contributed by atoms with van der Waals surface area (Å²) in [6.07, 6.45) is -2.10. The molecule has 3 rings (SSSR count). The van der Waals surface area contributed by atoms with Gasteiger partial charge >= 0.3 is 6.18 Å². The van der Waals surface area contributed by atoms with E-state index in [9.17, 15) is 26.4 Å². The molecule has 174 valence electrons. The van der Waals surface area contributed by atoms with Crippen molar-refractivity contribution in [2.24, 2.45) is 17.6 Å². The summed E-state index contributed by atoms with van der Waals surface area (Å²) < 4.78 is 65.9. The van der Waals surface area contributed by atoms with Crippen LogP contribution in [0, 0.1) is 11.8 Å². The highest BCUT2D eigenvalue weighted by molar-refractivity contribution is 7.89. The lowest BCUT2D eigenvalue weighted by molar-refractivity contribution is -0.138. The number of sulfonamides is 1. The lowest BCUT2D eigenvalue weighted by atomic mass is 9.90. The van der Waals surface area contributed by atoms with Crippen LogP contribution in [0.2, 0.25) is 0 Å². The zero-order valence-corrected chi connectivity index (χ0v) is 18.4. The van der Waals surface area contributed by atoms with E-state index in [0.29, 0.717) is 24.7 Å². The standard InChI is InChI=1S/C20H24F3N5O3S/c1-28(2)32(30,31)14-8-6-13(7-9-14)26-19-25-11-16(20(21,22)23)17(27-19)10-12-4-3-5-15(12)18(24)29/h6-9,11-12,15H,3-5,10H2,1-2H3,(H2,24,29)(H,25,26,27)/t12-,15-/m0/s1. The van der Waals surface area contributed by atoms with Crippen LogP contribution in [0.25, 0.3) is 0 Å². The summed E-state index contributed by atoms with van der Waals surface area (Å²) in [5.41, 5.74) is 4.65. The Labute approximate surface area is 184 Å². The maximum Gasteiger partial charge on any atom is 0.419 e. The first kappa shape index (κ1) is 23.9. The predicted molar refractivity (Wildman–Crippen MR) is 111 cm³/mol. The van der Waals surface area contributed by atoms with Crippen molar-refractivity contribution in [3.05, 3.63) is 41.7 Å². The van der Waals surface area contributed by atoms with Crippen LogP contribution in [0.1, 0.15) is 30.5 Å². The number of alkyl halides is 3. The van der Waals surface area contributed by atoms with Crippen molar-refractivity contribution in [3.63, 3.8) is 0 Å². The average Bonchev–Trinajstić information content (AvgIpc) is 3.16. The van der Waals surface area contributed by atoms with E-state index in [1.807, 2.05) is 0 Å². The predicted octanol–water partition coefficient (Wildman–Crippen LogP) is 2.93. The van der Waals surface area contributed by atoms with E-state index in [0.717, 1.165) is 10.7 Å². The summed E-state index contributed by atoms with van der Waals surface area (Å²) >= 11 is 0. The van der Waals surface area contributed by atoms with Crippen LogP contribution < -0.4 is 11.1 Å². The number of carbonyl (C=O) groups is 1. The summed E-state index contributed by atoms with van der Waals surface area (Å²) in [5.74, 6) is -1.37. The van der Waals surface area contributed by atoms with E-state index in [4.69, 9.17) is 5.73 Å². The lowest BCUT2D eigenvalue weighted by Gasteiger charge is -2.19. The van der Waals surface area contributed by atoms with Gasteiger partial charge in [-0.05, 0) is 49.4 Å². The topological polar surface area (TPSA) is 118 Å². The molecule has 2 aromatic rings. The zero-order chi connectivity index (χ0) is 23.7. The fraction of sp³-hybridized carbons (Fsp3) is 0.450.